The summed E-state index contributed by atoms with van der Waals surface area (Å²) in [6.45, 7) is 5.20. The third-order valence-corrected chi connectivity index (χ3v) is 5.55. The second kappa shape index (κ2) is 8.30. The molecule has 0 fully saturated rings. The first-order valence-corrected chi connectivity index (χ1v) is 10.7. The van der Waals surface area contributed by atoms with Crippen LogP contribution >= 0.6 is 0 Å². The second-order valence-electron chi connectivity index (χ2n) is 7.47. The molecular formula is C25H25N3O3. The van der Waals surface area contributed by atoms with E-state index < -0.39 is 0 Å². The number of hydrazone groups is 1. The van der Waals surface area contributed by atoms with Crippen LogP contribution in [0.2, 0.25) is 0 Å². The van der Waals surface area contributed by atoms with Gasteiger partial charge in [0.2, 0.25) is 6.23 Å². The van der Waals surface area contributed by atoms with Gasteiger partial charge in [-0.1, -0.05) is 18.2 Å². The van der Waals surface area contributed by atoms with Gasteiger partial charge in [0, 0.05) is 29.9 Å². The Morgan fingerprint density at radius 3 is 2.58 bits per heavy atom. The van der Waals surface area contributed by atoms with Gasteiger partial charge in [-0.05, 0) is 55.8 Å². The molecule has 0 N–H and O–H groups in total. The minimum atomic E-state index is -0.368. The number of rotatable bonds is 6. The molecule has 0 saturated carbocycles. The third kappa shape index (κ3) is 3.58. The molecule has 3 aromatic rings. The van der Waals surface area contributed by atoms with Crippen molar-refractivity contribution in [2.45, 2.75) is 32.5 Å². The Bertz CT molecular complexity index is 1080. The maximum absolute atomic E-state index is 6.48. The third-order valence-electron chi connectivity index (χ3n) is 5.55. The number of nitrogens with zero attached hydrogens (tertiary/aromatic N) is 3. The van der Waals surface area contributed by atoms with E-state index >= 15 is 0 Å². The molecule has 6 heteroatoms. The largest absolute Gasteiger partial charge is 0.494 e. The lowest BCUT2D eigenvalue weighted by molar-refractivity contribution is -0.0214. The molecule has 2 aliphatic heterocycles. The molecule has 158 valence electrons. The Balaban J connectivity index is 1.55. The normalized spacial score (nSPS) is 19.2. The zero-order valence-electron chi connectivity index (χ0n) is 17.7. The molecule has 2 atom stereocenters. The van der Waals surface area contributed by atoms with E-state index in [1.807, 2.05) is 56.4 Å². The molecule has 3 heterocycles. The predicted octanol–water partition coefficient (Wildman–Crippen LogP) is 5.12. The second-order valence-corrected chi connectivity index (χ2v) is 7.47. The Hall–Kier alpha value is -3.54. The summed E-state index contributed by atoms with van der Waals surface area (Å²) in [6.07, 6.45) is 4.02. The van der Waals surface area contributed by atoms with Crippen molar-refractivity contribution in [3.05, 3.63) is 83.7 Å². The zero-order valence-corrected chi connectivity index (χ0v) is 17.7. The van der Waals surface area contributed by atoms with Crippen molar-refractivity contribution in [2.75, 3.05) is 13.2 Å². The number of aromatic nitrogens is 1. The van der Waals surface area contributed by atoms with Gasteiger partial charge in [-0.3, -0.25) is 4.98 Å². The van der Waals surface area contributed by atoms with Crippen molar-refractivity contribution in [3.63, 3.8) is 0 Å². The summed E-state index contributed by atoms with van der Waals surface area (Å²) >= 11 is 0. The summed E-state index contributed by atoms with van der Waals surface area (Å²) in [5.74, 6) is 2.43. The highest BCUT2D eigenvalue weighted by molar-refractivity contribution is 6.02. The van der Waals surface area contributed by atoms with E-state index in [4.69, 9.17) is 19.3 Å². The summed E-state index contributed by atoms with van der Waals surface area (Å²) in [7, 11) is 0. The van der Waals surface area contributed by atoms with E-state index in [2.05, 4.69) is 28.2 Å². The fourth-order valence-corrected chi connectivity index (χ4v) is 4.18. The van der Waals surface area contributed by atoms with Crippen LogP contribution in [0.25, 0.3) is 0 Å². The Morgan fingerprint density at radius 1 is 1.00 bits per heavy atom. The van der Waals surface area contributed by atoms with Crippen LogP contribution in [0.1, 0.15) is 49.2 Å². The molecular weight excluding hydrogens is 390 g/mol. The fraction of sp³-hybridized carbons (Fsp3) is 0.280. The maximum Gasteiger partial charge on any atom is 0.215 e. The number of benzene rings is 2. The fourth-order valence-electron chi connectivity index (χ4n) is 4.18. The van der Waals surface area contributed by atoms with E-state index in [0.717, 1.165) is 46.1 Å². The lowest BCUT2D eigenvalue weighted by Gasteiger charge is -2.38. The van der Waals surface area contributed by atoms with Crippen LogP contribution in [0.5, 0.6) is 17.2 Å². The Morgan fingerprint density at radius 2 is 1.84 bits per heavy atom. The van der Waals surface area contributed by atoms with Gasteiger partial charge in [0.1, 0.15) is 5.75 Å². The average molecular weight is 415 g/mol. The highest BCUT2D eigenvalue weighted by Gasteiger charge is 2.42. The zero-order chi connectivity index (χ0) is 21.2. The SMILES string of the molecule is CCOc1ccc(C2=NN3C(C2)c2cccc(OCC)c2OC3c2cccnc2)cc1. The molecule has 2 aliphatic rings. The molecule has 1 aromatic heterocycles. The molecule has 0 bridgehead atoms. The van der Waals surface area contributed by atoms with Gasteiger partial charge >= 0.3 is 0 Å². The topological polar surface area (TPSA) is 56.2 Å². The summed E-state index contributed by atoms with van der Waals surface area (Å²) in [4.78, 5) is 4.29. The predicted molar refractivity (Wildman–Crippen MR) is 119 cm³/mol. The quantitative estimate of drug-likeness (QED) is 0.559. The Kier molecular flexibility index (Phi) is 5.20. The van der Waals surface area contributed by atoms with E-state index in [0.29, 0.717) is 13.2 Å². The molecule has 31 heavy (non-hydrogen) atoms. The molecule has 0 aliphatic carbocycles. The van der Waals surface area contributed by atoms with Crippen LogP contribution in [0.4, 0.5) is 0 Å². The van der Waals surface area contributed by atoms with Crippen molar-refractivity contribution < 1.29 is 14.2 Å². The molecule has 0 saturated heterocycles. The van der Waals surface area contributed by atoms with Gasteiger partial charge in [0.25, 0.3) is 0 Å². The van der Waals surface area contributed by atoms with Crippen molar-refractivity contribution in [3.8, 4) is 17.2 Å². The van der Waals surface area contributed by atoms with Crippen molar-refractivity contribution >= 4 is 5.71 Å². The summed E-state index contributed by atoms with van der Waals surface area (Å²) in [6, 6.07) is 18.2. The van der Waals surface area contributed by atoms with Crippen molar-refractivity contribution in [1.82, 2.24) is 9.99 Å². The smallest absolute Gasteiger partial charge is 0.215 e. The molecule has 6 nitrogen and oxygen atoms in total. The number of pyridine rings is 1. The first-order valence-electron chi connectivity index (χ1n) is 10.7. The number of para-hydroxylation sites is 1. The van der Waals surface area contributed by atoms with E-state index in [9.17, 15) is 0 Å². The standard InChI is InChI=1S/C25H25N3O3/c1-3-29-19-12-10-17(11-13-19)21-15-22-20-8-5-9-23(30-4-2)24(20)31-25(28(22)27-21)18-7-6-14-26-16-18/h5-14,16,22,25H,3-4,15H2,1-2H3. The van der Waals surface area contributed by atoms with Crippen LogP contribution in [-0.2, 0) is 0 Å². The monoisotopic (exact) mass is 415 g/mol. The van der Waals surface area contributed by atoms with Crippen LogP contribution in [0.3, 0.4) is 0 Å². The van der Waals surface area contributed by atoms with Gasteiger partial charge in [-0.15, -0.1) is 0 Å². The molecule has 0 spiro atoms. The van der Waals surface area contributed by atoms with Crippen LogP contribution < -0.4 is 14.2 Å². The van der Waals surface area contributed by atoms with Gasteiger partial charge in [-0.25, -0.2) is 5.01 Å². The van der Waals surface area contributed by atoms with E-state index in [-0.39, 0.29) is 12.3 Å². The lowest BCUT2D eigenvalue weighted by atomic mass is 9.95. The first kappa shape index (κ1) is 19.4. The lowest BCUT2D eigenvalue weighted by Crippen LogP contribution is -2.34. The molecule has 2 unspecified atom stereocenters. The van der Waals surface area contributed by atoms with Gasteiger partial charge < -0.3 is 14.2 Å². The average Bonchev–Trinajstić information content (AvgIpc) is 3.26. The molecule has 0 amide bonds. The number of ether oxygens (including phenoxy) is 3. The Labute approximate surface area is 182 Å². The molecule has 2 aromatic carbocycles. The number of hydrogen-bond acceptors (Lipinski definition) is 6. The van der Waals surface area contributed by atoms with Crippen LogP contribution in [0.15, 0.2) is 72.1 Å². The summed E-state index contributed by atoms with van der Waals surface area (Å²) < 4.78 is 17.9. The van der Waals surface area contributed by atoms with Crippen molar-refractivity contribution in [1.29, 1.82) is 0 Å². The van der Waals surface area contributed by atoms with Gasteiger partial charge in [-0.2, -0.15) is 5.10 Å². The first-order chi connectivity index (χ1) is 15.3. The number of hydrogen-bond donors (Lipinski definition) is 0. The van der Waals surface area contributed by atoms with Crippen molar-refractivity contribution in [2.24, 2.45) is 5.10 Å². The maximum atomic E-state index is 6.48. The van der Waals surface area contributed by atoms with Crippen LogP contribution in [0, 0.1) is 0 Å². The molecule has 0 radical (unpaired) electrons. The van der Waals surface area contributed by atoms with Crippen LogP contribution in [-0.4, -0.2) is 28.9 Å². The van der Waals surface area contributed by atoms with E-state index in [1.165, 1.54) is 0 Å². The highest BCUT2D eigenvalue weighted by atomic mass is 16.5. The summed E-state index contributed by atoms with van der Waals surface area (Å²) in [5, 5.41) is 7.06. The highest BCUT2D eigenvalue weighted by Crippen LogP contribution is 2.50. The summed E-state index contributed by atoms with van der Waals surface area (Å²) in [5.41, 5.74) is 4.17. The van der Waals surface area contributed by atoms with Gasteiger partial charge in [0.15, 0.2) is 11.5 Å². The van der Waals surface area contributed by atoms with E-state index in [1.54, 1.807) is 6.20 Å². The molecule has 5 rings (SSSR count). The minimum absolute atomic E-state index is 0.0657. The van der Waals surface area contributed by atoms with Gasteiger partial charge in [0.05, 0.1) is 25.0 Å². The number of fused-ring (bicyclic) bond motifs is 3. The minimum Gasteiger partial charge on any atom is -0.494 e.